The van der Waals surface area contributed by atoms with Gasteiger partial charge in [-0.3, -0.25) is 4.40 Å². The Balaban J connectivity index is 1.82. The fourth-order valence-electron chi connectivity index (χ4n) is 1.77. The van der Waals surface area contributed by atoms with Crippen LogP contribution in [0.1, 0.15) is 11.4 Å². The topological polar surface area (TPSA) is 17.3 Å². The highest BCUT2D eigenvalue weighted by Gasteiger charge is 2.12. The lowest BCUT2D eigenvalue weighted by atomic mass is 10.4. The SMILES string of the molecule is Cc1csc2nc(CSc3ccc(Cl)cc3)c(Br)n12. The second-order valence-corrected chi connectivity index (χ2v) is 7.16. The Bertz CT molecular complexity index is 718. The molecule has 3 rings (SSSR count). The first-order valence-electron chi connectivity index (χ1n) is 5.64. The Hall–Kier alpha value is -0.490. The maximum atomic E-state index is 5.88. The molecule has 0 N–H and O–H groups in total. The van der Waals surface area contributed by atoms with E-state index in [0.29, 0.717) is 0 Å². The molecule has 3 aromatic rings. The van der Waals surface area contributed by atoms with Gasteiger partial charge in [0.2, 0.25) is 0 Å². The summed E-state index contributed by atoms with van der Waals surface area (Å²) in [5, 5.41) is 2.88. The van der Waals surface area contributed by atoms with Crippen LogP contribution in [0.4, 0.5) is 0 Å². The van der Waals surface area contributed by atoms with Crippen LogP contribution in [0.5, 0.6) is 0 Å². The number of fused-ring (bicyclic) bond motifs is 1. The molecule has 19 heavy (non-hydrogen) atoms. The third-order valence-electron chi connectivity index (χ3n) is 2.73. The number of nitrogens with zero attached hydrogens (tertiary/aromatic N) is 2. The van der Waals surface area contributed by atoms with Crippen molar-refractivity contribution in [2.45, 2.75) is 17.6 Å². The molecule has 1 aromatic carbocycles. The molecule has 0 radical (unpaired) electrons. The fraction of sp³-hybridized carbons (Fsp3) is 0.154. The predicted octanol–water partition coefficient (Wildman–Crippen LogP) is 5.41. The summed E-state index contributed by atoms with van der Waals surface area (Å²) in [4.78, 5) is 6.89. The molecule has 0 bridgehead atoms. The second-order valence-electron chi connectivity index (χ2n) is 4.09. The largest absolute Gasteiger partial charge is 0.282 e. The summed E-state index contributed by atoms with van der Waals surface area (Å²) in [6.07, 6.45) is 0. The Morgan fingerprint density at radius 1 is 1.37 bits per heavy atom. The zero-order valence-electron chi connectivity index (χ0n) is 10.1. The minimum atomic E-state index is 0.767. The van der Waals surface area contributed by atoms with Gasteiger partial charge < -0.3 is 0 Å². The van der Waals surface area contributed by atoms with E-state index in [1.807, 2.05) is 24.3 Å². The van der Waals surface area contributed by atoms with Crippen molar-refractivity contribution in [1.29, 1.82) is 0 Å². The molecular formula is C13H10BrClN2S2. The lowest BCUT2D eigenvalue weighted by Crippen LogP contribution is -1.86. The summed E-state index contributed by atoms with van der Waals surface area (Å²) >= 11 is 12.9. The zero-order chi connectivity index (χ0) is 13.4. The molecule has 6 heteroatoms. The number of imidazole rings is 1. The lowest BCUT2D eigenvalue weighted by Gasteiger charge is -2.00. The number of thioether (sulfide) groups is 1. The van der Waals surface area contributed by atoms with Crippen molar-refractivity contribution in [2.75, 3.05) is 0 Å². The van der Waals surface area contributed by atoms with Gasteiger partial charge in [0.1, 0.15) is 4.60 Å². The van der Waals surface area contributed by atoms with Gasteiger partial charge in [-0.05, 0) is 47.1 Å². The van der Waals surface area contributed by atoms with Crippen LogP contribution in [0.25, 0.3) is 4.96 Å². The molecular weight excluding hydrogens is 364 g/mol. The number of rotatable bonds is 3. The molecule has 0 aliphatic heterocycles. The van der Waals surface area contributed by atoms with Crippen molar-refractivity contribution in [3.8, 4) is 0 Å². The molecule has 98 valence electrons. The van der Waals surface area contributed by atoms with E-state index >= 15 is 0 Å². The van der Waals surface area contributed by atoms with Crippen LogP contribution in [0.2, 0.25) is 5.02 Å². The molecule has 0 spiro atoms. The minimum Gasteiger partial charge on any atom is -0.282 e. The smallest absolute Gasteiger partial charge is 0.195 e. The van der Waals surface area contributed by atoms with E-state index in [1.54, 1.807) is 23.1 Å². The third-order valence-corrected chi connectivity index (χ3v) is 5.76. The van der Waals surface area contributed by atoms with Crippen molar-refractivity contribution in [3.05, 3.63) is 50.7 Å². The van der Waals surface area contributed by atoms with E-state index in [0.717, 1.165) is 26.0 Å². The van der Waals surface area contributed by atoms with Gasteiger partial charge in [0, 0.05) is 26.7 Å². The molecule has 0 saturated carbocycles. The first-order chi connectivity index (χ1) is 9.15. The molecule has 0 unspecified atom stereocenters. The molecule has 0 aliphatic carbocycles. The number of hydrogen-bond donors (Lipinski definition) is 0. The summed E-state index contributed by atoms with van der Waals surface area (Å²) in [6, 6.07) is 7.89. The number of aromatic nitrogens is 2. The number of thiazole rings is 1. The number of aryl methyl sites for hydroxylation is 1. The van der Waals surface area contributed by atoms with E-state index in [9.17, 15) is 0 Å². The highest BCUT2D eigenvalue weighted by molar-refractivity contribution is 9.10. The van der Waals surface area contributed by atoms with Gasteiger partial charge in [-0.15, -0.1) is 23.1 Å². The van der Waals surface area contributed by atoms with Crippen molar-refractivity contribution in [3.63, 3.8) is 0 Å². The highest BCUT2D eigenvalue weighted by atomic mass is 79.9. The van der Waals surface area contributed by atoms with Crippen LogP contribution in [-0.2, 0) is 5.75 Å². The van der Waals surface area contributed by atoms with Gasteiger partial charge in [-0.2, -0.15) is 0 Å². The molecule has 0 fully saturated rings. The van der Waals surface area contributed by atoms with Crippen molar-refractivity contribution >= 4 is 55.6 Å². The lowest BCUT2D eigenvalue weighted by molar-refractivity contribution is 1.09. The van der Waals surface area contributed by atoms with Crippen molar-refractivity contribution in [2.24, 2.45) is 0 Å². The molecule has 2 nitrogen and oxygen atoms in total. The highest BCUT2D eigenvalue weighted by Crippen LogP contribution is 2.30. The number of benzene rings is 1. The van der Waals surface area contributed by atoms with E-state index < -0.39 is 0 Å². The Labute approximate surface area is 132 Å². The van der Waals surface area contributed by atoms with Gasteiger partial charge in [0.25, 0.3) is 0 Å². The maximum absolute atomic E-state index is 5.88. The Morgan fingerprint density at radius 2 is 2.11 bits per heavy atom. The number of hydrogen-bond acceptors (Lipinski definition) is 3. The minimum absolute atomic E-state index is 0.767. The van der Waals surface area contributed by atoms with E-state index in [1.165, 1.54) is 10.6 Å². The van der Waals surface area contributed by atoms with Gasteiger partial charge in [-0.1, -0.05) is 11.6 Å². The monoisotopic (exact) mass is 372 g/mol. The van der Waals surface area contributed by atoms with E-state index in [-0.39, 0.29) is 0 Å². The van der Waals surface area contributed by atoms with Crippen LogP contribution in [0.3, 0.4) is 0 Å². The Morgan fingerprint density at radius 3 is 2.79 bits per heavy atom. The average molecular weight is 374 g/mol. The van der Waals surface area contributed by atoms with Crippen LogP contribution in [0.15, 0.2) is 39.1 Å². The zero-order valence-corrected chi connectivity index (χ0v) is 14.0. The van der Waals surface area contributed by atoms with Crippen molar-refractivity contribution in [1.82, 2.24) is 9.38 Å². The van der Waals surface area contributed by atoms with E-state index in [4.69, 9.17) is 11.6 Å². The first-order valence-corrected chi connectivity index (χ1v) is 8.68. The van der Waals surface area contributed by atoms with E-state index in [2.05, 4.69) is 37.6 Å². The summed E-state index contributed by atoms with van der Waals surface area (Å²) in [5.74, 6) is 0.843. The van der Waals surface area contributed by atoms with Crippen LogP contribution < -0.4 is 0 Å². The average Bonchev–Trinajstić information content (AvgIpc) is 2.91. The summed E-state index contributed by atoms with van der Waals surface area (Å²) < 4.78 is 3.20. The molecule has 2 aromatic heterocycles. The van der Waals surface area contributed by atoms with Crippen LogP contribution in [-0.4, -0.2) is 9.38 Å². The Kier molecular flexibility index (Phi) is 3.89. The van der Waals surface area contributed by atoms with Crippen LogP contribution in [0, 0.1) is 6.92 Å². The summed E-state index contributed by atoms with van der Waals surface area (Å²) in [5.41, 5.74) is 2.29. The quantitative estimate of drug-likeness (QED) is 0.571. The third kappa shape index (κ3) is 2.70. The van der Waals surface area contributed by atoms with Gasteiger partial charge in [0.05, 0.1) is 5.69 Å². The normalized spacial score (nSPS) is 11.3. The van der Waals surface area contributed by atoms with Gasteiger partial charge in [-0.25, -0.2) is 4.98 Å². The van der Waals surface area contributed by atoms with Gasteiger partial charge in [0.15, 0.2) is 4.96 Å². The summed E-state index contributed by atoms with van der Waals surface area (Å²) in [6.45, 7) is 2.09. The first kappa shape index (κ1) is 13.5. The number of halogens is 2. The standard InChI is InChI=1S/C13H10BrClN2S2/c1-8-6-19-13-16-11(12(14)17(8)13)7-18-10-4-2-9(15)3-5-10/h2-6H,7H2,1H3. The molecule has 0 amide bonds. The van der Waals surface area contributed by atoms with Crippen molar-refractivity contribution < 1.29 is 0 Å². The molecule has 0 aliphatic rings. The van der Waals surface area contributed by atoms with Gasteiger partial charge >= 0.3 is 0 Å². The maximum Gasteiger partial charge on any atom is 0.195 e. The predicted molar refractivity (Wildman–Crippen MR) is 86.5 cm³/mol. The molecule has 0 atom stereocenters. The summed E-state index contributed by atoms with van der Waals surface area (Å²) in [7, 11) is 0. The fourth-order valence-corrected chi connectivity index (χ4v) is 4.60. The molecule has 0 saturated heterocycles. The van der Waals surface area contributed by atoms with Crippen LogP contribution >= 0.6 is 50.6 Å². The molecule has 2 heterocycles. The second kappa shape index (κ2) is 5.48.